The Morgan fingerprint density at radius 3 is 2.59 bits per heavy atom. The number of hydrogen-bond donors (Lipinski definition) is 3. The number of rotatable bonds is 6. The van der Waals surface area contributed by atoms with Crippen LogP contribution in [-0.4, -0.2) is 15.9 Å². The molecular formula is C21H23N5O. The second-order valence-electron chi connectivity index (χ2n) is 6.24. The van der Waals surface area contributed by atoms with Crippen molar-refractivity contribution in [2.45, 2.75) is 27.2 Å². The van der Waals surface area contributed by atoms with E-state index in [0.29, 0.717) is 11.8 Å². The van der Waals surface area contributed by atoms with Crippen LogP contribution in [0.2, 0.25) is 0 Å². The highest BCUT2D eigenvalue weighted by atomic mass is 16.1. The summed E-state index contributed by atoms with van der Waals surface area (Å²) in [6.45, 7) is 5.68. The fourth-order valence-electron chi connectivity index (χ4n) is 2.83. The Bertz CT molecular complexity index is 955. The van der Waals surface area contributed by atoms with Crippen molar-refractivity contribution in [1.29, 1.82) is 0 Å². The van der Waals surface area contributed by atoms with Crippen molar-refractivity contribution in [2.75, 3.05) is 16.0 Å². The molecule has 1 amide bonds. The summed E-state index contributed by atoms with van der Waals surface area (Å²) in [5.74, 6) is 1.09. The van der Waals surface area contributed by atoms with E-state index in [1.54, 1.807) is 12.3 Å². The Balaban J connectivity index is 1.80. The normalized spacial score (nSPS) is 10.3. The summed E-state index contributed by atoms with van der Waals surface area (Å²) in [7, 11) is 0. The third-order valence-electron chi connectivity index (χ3n) is 4.09. The van der Waals surface area contributed by atoms with Gasteiger partial charge in [0, 0.05) is 30.2 Å². The van der Waals surface area contributed by atoms with Gasteiger partial charge in [-0.15, -0.1) is 0 Å². The number of anilines is 5. The fourth-order valence-corrected chi connectivity index (χ4v) is 2.83. The van der Waals surface area contributed by atoms with Gasteiger partial charge in [0.1, 0.15) is 5.82 Å². The van der Waals surface area contributed by atoms with Crippen LogP contribution in [0.1, 0.15) is 25.0 Å². The number of carbonyl (C=O) groups is 1. The van der Waals surface area contributed by atoms with Crippen LogP contribution in [-0.2, 0) is 11.2 Å². The van der Waals surface area contributed by atoms with Crippen molar-refractivity contribution < 1.29 is 4.79 Å². The maximum Gasteiger partial charge on any atom is 0.229 e. The van der Waals surface area contributed by atoms with E-state index in [0.717, 1.165) is 29.0 Å². The van der Waals surface area contributed by atoms with E-state index in [-0.39, 0.29) is 5.91 Å². The molecule has 3 rings (SSSR count). The average molecular weight is 361 g/mol. The van der Waals surface area contributed by atoms with E-state index >= 15 is 0 Å². The van der Waals surface area contributed by atoms with Gasteiger partial charge in [-0.1, -0.05) is 31.2 Å². The van der Waals surface area contributed by atoms with Crippen molar-refractivity contribution in [2.24, 2.45) is 0 Å². The van der Waals surface area contributed by atoms with Gasteiger partial charge in [-0.05, 0) is 48.7 Å². The zero-order valence-electron chi connectivity index (χ0n) is 15.7. The molecule has 0 spiro atoms. The van der Waals surface area contributed by atoms with Gasteiger partial charge in [-0.25, -0.2) is 4.98 Å². The molecule has 1 aromatic heterocycles. The first-order valence-electron chi connectivity index (χ1n) is 8.88. The van der Waals surface area contributed by atoms with Gasteiger partial charge < -0.3 is 16.0 Å². The molecule has 2 aromatic carbocycles. The number of aryl methyl sites for hydroxylation is 2. The highest BCUT2D eigenvalue weighted by Crippen LogP contribution is 2.25. The molecule has 0 saturated heterocycles. The van der Waals surface area contributed by atoms with Crippen LogP contribution in [0.25, 0.3) is 0 Å². The van der Waals surface area contributed by atoms with Crippen molar-refractivity contribution in [1.82, 2.24) is 9.97 Å². The maximum absolute atomic E-state index is 11.2. The predicted molar refractivity (Wildman–Crippen MR) is 110 cm³/mol. The number of carbonyl (C=O) groups excluding carboxylic acids is 1. The molecule has 3 aromatic rings. The van der Waals surface area contributed by atoms with E-state index in [4.69, 9.17) is 0 Å². The first-order valence-corrected chi connectivity index (χ1v) is 8.88. The minimum atomic E-state index is -0.106. The molecule has 0 fully saturated rings. The van der Waals surface area contributed by atoms with E-state index in [9.17, 15) is 4.79 Å². The van der Waals surface area contributed by atoms with Gasteiger partial charge in [-0.3, -0.25) is 4.79 Å². The summed E-state index contributed by atoms with van der Waals surface area (Å²) in [6, 6.07) is 15.5. The van der Waals surface area contributed by atoms with Crippen LogP contribution in [0.3, 0.4) is 0 Å². The summed E-state index contributed by atoms with van der Waals surface area (Å²) in [6.07, 6.45) is 2.64. The van der Waals surface area contributed by atoms with Crippen molar-refractivity contribution >= 4 is 34.7 Å². The molecule has 0 bridgehead atoms. The number of hydrogen-bond acceptors (Lipinski definition) is 5. The summed E-state index contributed by atoms with van der Waals surface area (Å²) in [5.41, 5.74) is 4.98. The third-order valence-corrected chi connectivity index (χ3v) is 4.09. The van der Waals surface area contributed by atoms with Gasteiger partial charge in [0.15, 0.2) is 0 Å². The van der Waals surface area contributed by atoms with Crippen molar-refractivity contribution in [3.05, 3.63) is 65.9 Å². The summed E-state index contributed by atoms with van der Waals surface area (Å²) >= 11 is 0. The third kappa shape index (κ3) is 4.82. The van der Waals surface area contributed by atoms with Gasteiger partial charge in [0.05, 0.1) is 0 Å². The largest absolute Gasteiger partial charge is 0.340 e. The zero-order valence-corrected chi connectivity index (χ0v) is 15.7. The lowest BCUT2D eigenvalue weighted by Crippen LogP contribution is -2.06. The molecule has 0 unspecified atom stereocenters. The van der Waals surface area contributed by atoms with Crippen molar-refractivity contribution in [3.8, 4) is 0 Å². The van der Waals surface area contributed by atoms with Crippen LogP contribution in [0.15, 0.2) is 54.7 Å². The van der Waals surface area contributed by atoms with Gasteiger partial charge in [0.2, 0.25) is 11.9 Å². The fraction of sp³-hybridized carbons (Fsp3) is 0.190. The molecule has 0 aliphatic carbocycles. The van der Waals surface area contributed by atoms with Crippen LogP contribution < -0.4 is 16.0 Å². The molecule has 3 N–H and O–H groups in total. The molecule has 0 aliphatic rings. The smallest absolute Gasteiger partial charge is 0.229 e. The zero-order chi connectivity index (χ0) is 19.2. The Morgan fingerprint density at radius 2 is 1.81 bits per heavy atom. The number of amides is 1. The molecule has 1 heterocycles. The Kier molecular flexibility index (Phi) is 5.66. The average Bonchev–Trinajstić information content (AvgIpc) is 2.63. The molecule has 0 saturated carbocycles. The molecule has 0 aliphatic heterocycles. The number of nitrogens with one attached hydrogen (secondary N) is 3. The standard InChI is InChI=1S/C21H23N5O/c1-4-16-8-5-7-14(2)20(16)26-21-22-12-11-19(25-21)24-18-10-6-9-17(13-18)23-15(3)27/h5-13H,4H2,1-3H3,(H,23,27)(H2,22,24,25,26). The second-order valence-corrected chi connectivity index (χ2v) is 6.24. The minimum Gasteiger partial charge on any atom is -0.340 e. The molecule has 6 heteroatoms. The van der Waals surface area contributed by atoms with Crippen LogP contribution in [0.5, 0.6) is 0 Å². The highest BCUT2D eigenvalue weighted by Gasteiger charge is 2.07. The molecule has 27 heavy (non-hydrogen) atoms. The highest BCUT2D eigenvalue weighted by molar-refractivity contribution is 5.89. The quantitative estimate of drug-likeness (QED) is 0.588. The molecular weight excluding hydrogens is 338 g/mol. The SMILES string of the molecule is CCc1cccc(C)c1Nc1nccc(Nc2cccc(NC(C)=O)c2)n1. The topological polar surface area (TPSA) is 78.9 Å². The van der Waals surface area contributed by atoms with Crippen molar-refractivity contribution in [3.63, 3.8) is 0 Å². The van der Waals surface area contributed by atoms with Crippen LogP contribution in [0, 0.1) is 6.92 Å². The lowest BCUT2D eigenvalue weighted by atomic mass is 10.1. The van der Waals surface area contributed by atoms with Crippen LogP contribution in [0.4, 0.5) is 28.8 Å². The van der Waals surface area contributed by atoms with E-state index in [1.165, 1.54) is 12.5 Å². The minimum absolute atomic E-state index is 0.106. The van der Waals surface area contributed by atoms with E-state index in [1.807, 2.05) is 24.3 Å². The first kappa shape index (κ1) is 18.4. The molecule has 0 radical (unpaired) electrons. The number of nitrogens with zero attached hydrogens (tertiary/aromatic N) is 2. The van der Waals surface area contributed by atoms with E-state index in [2.05, 4.69) is 58.0 Å². The van der Waals surface area contributed by atoms with E-state index < -0.39 is 0 Å². The lowest BCUT2D eigenvalue weighted by Gasteiger charge is -2.14. The van der Waals surface area contributed by atoms with Crippen LogP contribution >= 0.6 is 0 Å². The Hall–Kier alpha value is -3.41. The predicted octanol–water partition coefficient (Wildman–Crippen LogP) is 4.79. The summed E-state index contributed by atoms with van der Waals surface area (Å²) in [5, 5.41) is 9.35. The number of benzene rings is 2. The second kappa shape index (κ2) is 8.31. The summed E-state index contributed by atoms with van der Waals surface area (Å²) < 4.78 is 0. The van der Waals surface area contributed by atoms with Gasteiger partial charge in [-0.2, -0.15) is 4.98 Å². The summed E-state index contributed by atoms with van der Waals surface area (Å²) in [4.78, 5) is 20.1. The number of aromatic nitrogens is 2. The molecule has 0 atom stereocenters. The molecule has 138 valence electrons. The number of para-hydroxylation sites is 1. The monoisotopic (exact) mass is 361 g/mol. The van der Waals surface area contributed by atoms with Gasteiger partial charge >= 0.3 is 0 Å². The maximum atomic E-state index is 11.2. The Labute approximate surface area is 159 Å². The van der Waals surface area contributed by atoms with Gasteiger partial charge in [0.25, 0.3) is 0 Å². The first-order chi connectivity index (χ1) is 13.0. The lowest BCUT2D eigenvalue weighted by molar-refractivity contribution is -0.114. The molecule has 6 nitrogen and oxygen atoms in total. The Morgan fingerprint density at radius 1 is 1.04 bits per heavy atom.